The van der Waals surface area contributed by atoms with Crippen LogP contribution in [0.25, 0.3) is 0 Å². The van der Waals surface area contributed by atoms with Crippen LogP contribution >= 0.6 is 0 Å². The molecule has 0 N–H and O–H groups in total. The highest BCUT2D eigenvalue weighted by Crippen LogP contribution is 2.16. The predicted molar refractivity (Wildman–Crippen MR) is 210 cm³/mol. The Balaban J connectivity index is 4.14. The third-order valence-corrected chi connectivity index (χ3v) is 9.72. The molecule has 0 aliphatic rings. The van der Waals surface area contributed by atoms with Gasteiger partial charge in [-0.05, 0) is 31.1 Å². The van der Waals surface area contributed by atoms with E-state index in [-0.39, 0.29) is 31.1 Å². The normalized spacial score (nSPS) is 12.1. The number of esters is 3. The summed E-state index contributed by atoms with van der Waals surface area (Å²) < 4.78 is 16.6. The summed E-state index contributed by atoms with van der Waals surface area (Å²) in [6.45, 7) is 11.2. The Labute approximate surface area is 310 Å². The van der Waals surface area contributed by atoms with Crippen LogP contribution < -0.4 is 0 Å². The lowest BCUT2D eigenvalue weighted by molar-refractivity contribution is -0.167. The monoisotopic (exact) mass is 709 g/mol. The predicted octanol–water partition coefficient (Wildman–Crippen LogP) is 13.4. The van der Waals surface area contributed by atoms with Gasteiger partial charge in [0, 0.05) is 19.3 Å². The van der Waals surface area contributed by atoms with E-state index in [0.717, 1.165) is 76.0 Å². The standard InChI is InChI=1S/C44H84O6/c1-6-7-8-22-31-36-44(47)50-41(38-49-43(46)35-30-26-21-17-16-19-24-28-33-40(4)5)37-48-42(45)34-29-25-20-15-13-11-9-10-12-14-18-23-27-32-39(2)3/h39-41H,6-38H2,1-5H3/t41-/m0/s1. The highest BCUT2D eigenvalue weighted by Gasteiger charge is 2.19. The molecule has 50 heavy (non-hydrogen) atoms. The van der Waals surface area contributed by atoms with E-state index in [0.29, 0.717) is 19.3 Å². The van der Waals surface area contributed by atoms with Crippen LogP contribution in [-0.2, 0) is 28.6 Å². The van der Waals surface area contributed by atoms with Gasteiger partial charge in [-0.1, -0.05) is 195 Å². The molecular weight excluding hydrogens is 624 g/mol. The lowest BCUT2D eigenvalue weighted by Crippen LogP contribution is -2.30. The van der Waals surface area contributed by atoms with Gasteiger partial charge in [0.1, 0.15) is 13.2 Å². The number of carbonyl (C=O) groups is 3. The van der Waals surface area contributed by atoms with Crippen molar-refractivity contribution in [2.45, 2.75) is 240 Å². The smallest absolute Gasteiger partial charge is 0.306 e. The van der Waals surface area contributed by atoms with Gasteiger partial charge >= 0.3 is 17.9 Å². The van der Waals surface area contributed by atoms with E-state index in [2.05, 4.69) is 34.6 Å². The number of hydrogen-bond donors (Lipinski definition) is 0. The van der Waals surface area contributed by atoms with Crippen LogP contribution in [-0.4, -0.2) is 37.2 Å². The maximum atomic E-state index is 12.5. The summed E-state index contributed by atoms with van der Waals surface area (Å²) >= 11 is 0. The summed E-state index contributed by atoms with van der Waals surface area (Å²) in [5.41, 5.74) is 0. The van der Waals surface area contributed by atoms with Crippen molar-refractivity contribution in [1.82, 2.24) is 0 Å². The number of unbranched alkanes of at least 4 members (excludes halogenated alkanes) is 23. The van der Waals surface area contributed by atoms with Crippen molar-refractivity contribution in [1.29, 1.82) is 0 Å². The molecule has 0 rings (SSSR count). The minimum absolute atomic E-state index is 0.0667. The Morgan fingerprint density at radius 3 is 0.980 bits per heavy atom. The van der Waals surface area contributed by atoms with Gasteiger partial charge in [0.2, 0.25) is 0 Å². The second kappa shape index (κ2) is 37.2. The lowest BCUT2D eigenvalue weighted by atomic mass is 10.0. The van der Waals surface area contributed by atoms with Crippen molar-refractivity contribution in [3.05, 3.63) is 0 Å². The van der Waals surface area contributed by atoms with E-state index in [4.69, 9.17) is 14.2 Å². The maximum absolute atomic E-state index is 12.5. The third kappa shape index (κ3) is 37.7. The van der Waals surface area contributed by atoms with E-state index in [1.807, 2.05) is 0 Å². The molecule has 0 amide bonds. The average Bonchev–Trinajstić information content (AvgIpc) is 3.08. The topological polar surface area (TPSA) is 78.9 Å². The van der Waals surface area contributed by atoms with Gasteiger partial charge in [-0.15, -0.1) is 0 Å². The zero-order valence-corrected chi connectivity index (χ0v) is 34.0. The van der Waals surface area contributed by atoms with Crippen LogP contribution in [0.5, 0.6) is 0 Å². The molecule has 296 valence electrons. The zero-order chi connectivity index (χ0) is 36.9. The van der Waals surface area contributed by atoms with Crippen molar-refractivity contribution in [3.63, 3.8) is 0 Å². The molecule has 0 bridgehead atoms. The molecule has 0 unspecified atom stereocenters. The van der Waals surface area contributed by atoms with E-state index in [1.54, 1.807) is 0 Å². The first-order chi connectivity index (χ1) is 24.2. The summed E-state index contributed by atoms with van der Waals surface area (Å²) in [6.07, 6.45) is 34.1. The van der Waals surface area contributed by atoms with Crippen LogP contribution in [0.3, 0.4) is 0 Å². The molecule has 0 heterocycles. The second-order valence-corrected chi connectivity index (χ2v) is 15.9. The average molecular weight is 709 g/mol. The highest BCUT2D eigenvalue weighted by molar-refractivity contribution is 5.71. The Bertz CT molecular complexity index is 764. The molecule has 0 radical (unpaired) electrons. The third-order valence-electron chi connectivity index (χ3n) is 9.72. The minimum atomic E-state index is -0.758. The number of rotatable bonds is 38. The highest BCUT2D eigenvalue weighted by atomic mass is 16.6. The minimum Gasteiger partial charge on any atom is -0.462 e. The van der Waals surface area contributed by atoms with Crippen LogP contribution in [0.4, 0.5) is 0 Å². The molecule has 0 aromatic heterocycles. The lowest BCUT2D eigenvalue weighted by Gasteiger charge is -2.18. The van der Waals surface area contributed by atoms with E-state index in [9.17, 15) is 14.4 Å². The van der Waals surface area contributed by atoms with E-state index >= 15 is 0 Å². The first-order valence-electron chi connectivity index (χ1n) is 21.7. The quantitative estimate of drug-likeness (QED) is 0.0361. The molecule has 6 heteroatoms. The van der Waals surface area contributed by atoms with Gasteiger partial charge in [-0.3, -0.25) is 14.4 Å². The van der Waals surface area contributed by atoms with Crippen molar-refractivity contribution in [3.8, 4) is 0 Å². The van der Waals surface area contributed by atoms with Gasteiger partial charge in [-0.25, -0.2) is 0 Å². The van der Waals surface area contributed by atoms with E-state index in [1.165, 1.54) is 116 Å². The first-order valence-corrected chi connectivity index (χ1v) is 21.7. The Kier molecular flexibility index (Phi) is 36.0. The largest absolute Gasteiger partial charge is 0.462 e. The summed E-state index contributed by atoms with van der Waals surface area (Å²) in [4.78, 5) is 37.4. The molecule has 1 atom stereocenters. The van der Waals surface area contributed by atoms with Crippen LogP contribution in [0, 0.1) is 11.8 Å². The summed E-state index contributed by atoms with van der Waals surface area (Å²) in [7, 11) is 0. The fourth-order valence-corrected chi connectivity index (χ4v) is 6.40. The van der Waals surface area contributed by atoms with Gasteiger partial charge in [0.25, 0.3) is 0 Å². The molecule has 0 spiro atoms. The Hall–Kier alpha value is -1.59. The van der Waals surface area contributed by atoms with Crippen molar-refractivity contribution < 1.29 is 28.6 Å². The molecular formula is C44H84O6. The van der Waals surface area contributed by atoms with Crippen LogP contribution in [0.15, 0.2) is 0 Å². The first kappa shape index (κ1) is 48.4. The van der Waals surface area contributed by atoms with Crippen LogP contribution in [0.1, 0.15) is 234 Å². The molecule has 0 aromatic carbocycles. The Morgan fingerprint density at radius 1 is 0.380 bits per heavy atom. The van der Waals surface area contributed by atoms with Crippen molar-refractivity contribution in [2.24, 2.45) is 11.8 Å². The molecule has 0 aliphatic heterocycles. The van der Waals surface area contributed by atoms with Crippen molar-refractivity contribution in [2.75, 3.05) is 13.2 Å². The number of hydrogen-bond acceptors (Lipinski definition) is 6. The molecule has 0 saturated heterocycles. The summed E-state index contributed by atoms with van der Waals surface area (Å²) in [5.74, 6) is 0.761. The van der Waals surface area contributed by atoms with Gasteiger partial charge in [-0.2, -0.15) is 0 Å². The molecule has 0 aliphatic carbocycles. The van der Waals surface area contributed by atoms with Crippen molar-refractivity contribution >= 4 is 17.9 Å². The summed E-state index contributed by atoms with van der Waals surface area (Å²) in [5, 5.41) is 0. The SMILES string of the molecule is CCCCCCCC(=O)O[C@@H](COC(=O)CCCCCCCCCCCCCCCC(C)C)COC(=O)CCCCCCCCCCC(C)C. The second-order valence-electron chi connectivity index (χ2n) is 15.9. The van der Waals surface area contributed by atoms with Crippen LogP contribution in [0.2, 0.25) is 0 Å². The van der Waals surface area contributed by atoms with Gasteiger partial charge in [0.15, 0.2) is 6.10 Å². The molecule has 0 fully saturated rings. The molecule has 0 saturated carbocycles. The van der Waals surface area contributed by atoms with Gasteiger partial charge in [0.05, 0.1) is 0 Å². The number of ether oxygens (including phenoxy) is 3. The fourth-order valence-electron chi connectivity index (χ4n) is 6.40. The van der Waals surface area contributed by atoms with Gasteiger partial charge < -0.3 is 14.2 Å². The Morgan fingerprint density at radius 2 is 0.660 bits per heavy atom. The fraction of sp³-hybridized carbons (Fsp3) is 0.932. The van der Waals surface area contributed by atoms with E-state index < -0.39 is 6.10 Å². The molecule has 0 aromatic rings. The number of carbonyl (C=O) groups excluding carboxylic acids is 3. The summed E-state index contributed by atoms with van der Waals surface area (Å²) in [6, 6.07) is 0. The zero-order valence-electron chi connectivity index (χ0n) is 34.0. The molecule has 6 nitrogen and oxygen atoms in total. The maximum Gasteiger partial charge on any atom is 0.306 e.